The average Bonchev–Trinajstić information content (AvgIpc) is 2.60. The van der Waals surface area contributed by atoms with E-state index >= 15 is 0 Å². The first-order valence-corrected chi connectivity index (χ1v) is 9.34. The second-order valence-electron chi connectivity index (χ2n) is 7.10. The van der Waals surface area contributed by atoms with E-state index in [1.165, 1.54) is 0 Å². The molecule has 144 valence electrons. The molecule has 0 aliphatic heterocycles. The quantitative estimate of drug-likeness (QED) is 0.543. The molecule has 0 bridgehead atoms. The summed E-state index contributed by atoms with van der Waals surface area (Å²) in [5.74, 6) is -1.45. The summed E-state index contributed by atoms with van der Waals surface area (Å²) in [4.78, 5) is 24.4. The molecule has 1 N–H and O–H groups in total. The molecule has 0 saturated heterocycles. The molecule has 0 heterocycles. The van der Waals surface area contributed by atoms with Crippen molar-refractivity contribution < 1.29 is 24.2 Å². The molecule has 0 fully saturated rings. The molecule has 0 aliphatic carbocycles. The third-order valence-corrected chi connectivity index (χ3v) is 4.32. The molecular formula is C21H23BrO5. The van der Waals surface area contributed by atoms with Crippen LogP contribution in [0.1, 0.15) is 48.2 Å². The van der Waals surface area contributed by atoms with Gasteiger partial charge in [-0.1, -0.05) is 40.2 Å². The molecule has 1 atom stereocenters. The van der Waals surface area contributed by atoms with Crippen molar-refractivity contribution in [3.05, 3.63) is 69.7 Å². The van der Waals surface area contributed by atoms with Gasteiger partial charge in [0.25, 0.3) is 0 Å². The van der Waals surface area contributed by atoms with Crippen LogP contribution in [0.25, 0.3) is 0 Å². The van der Waals surface area contributed by atoms with Crippen LogP contribution in [0.4, 0.5) is 0 Å². The van der Waals surface area contributed by atoms with E-state index in [1.54, 1.807) is 24.3 Å². The summed E-state index contributed by atoms with van der Waals surface area (Å²) in [6.45, 7) is 4.78. The number of carbonyl (C=O) groups excluding carboxylic acids is 2. The molecule has 2 rings (SSSR count). The molecule has 0 amide bonds. The van der Waals surface area contributed by atoms with Gasteiger partial charge in [-0.2, -0.15) is 0 Å². The van der Waals surface area contributed by atoms with Crippen molar-refractivity contribution in [1.29, 1.82) is 0 Å². The van der Waals surface area contributed by atoms with Gasteiger partial charge in [-0.15, -0.1) is 0 Å². The maximum absolute atomic E-state index is 12.3. The summed E-state index contributed by atoms with van der Waals surface area (Å²) < 4.78 is 11.1. The molecule has 5 nitrogen and oxygen atoms in total. The monoisotopic (exact) mass is 434 g/mol. The van der Waals surface area contributed by atoms with E-state index < -0.39 is 30.3 Å². The van der Waals surface area contributed by atoms with Crippen LogP contribution in [0.2, 0.25) is 0 Å². The van der Waals surface area contributed by atoms with Gasteiger partial charge in [0.15, 0.2) is 6.79 Å². The molecule has 0 radical (unpaired) electrons. The highest BCUT2D eigenvalue weighted by atomic mass is 79.9. The third kappa shape index (κ3) is 6.48. The van der Waals surface area contributed by atoms with Gasteiger partial charge < -0.3 is 14.6 Å². The SMILES string of the molecule is CC(C)(C)OC(=O)c1ccc(C[C@@H](C(=O)OCO)c2ccc(Br)cc2)cc1. The fraction of sp³-hybridized carbons (Fsp3) is 0.333. The number of carbonyl (C=O) groups is 2. The Labute approximate surface area is 167 Å². The summed E-state index contributed by atoms with van der Waals surface area (Å²) in [6, 6.07) is 14.3. The van der Waals surface area contributed by atoms with Gasteiger partial charge in [0.1, 0.15) is 5.60 Å². The maximum atomic E-state index is 12.3. The van der Waals surface area contributed by atoms with Gasteiger partial charge in [0.05, 0.1) is 11.5 Å². The van der Waals surface area contributed by atoms with E-state index in [-0.39, 0.29) is 0 Å². The van der Waals surface area contributed by atoms with E-state index in [0.29, 0.717) is 12.0 Å². The van der Waals surface area contributed by atoms with Crippen molar-refractivity contribution in [2.75, 3.05) is 6.79 Å². The van der Waals surface area contributed by atoms with Crippen LogP contribution in [-0.2, 0) is 20.7 Å². The van der Waals surface area contributed by atoms with Gasteiger partial charge in [0.2, 0.25) is 0 Å². The third-order valence-electron chi connectivity index (χ3n) is 3.79. The topological polar surface area (TPSA) is 72.8 Å². The summed E-state index contributed by atoms with van der Waals surface area (Å²) in [5.41, 5.74) is 1.54. The van der Waals surface area contributed by atoms with Crippen LogP contribution in [0.3, 0.4) is 0 Å². The Kier molecular flexibility index (Phi) is 7.16. The molecule has 0 aliphatic rings. The lowest BCUT2D eigenvalue weighted by molar-refractivity contribution is -0.153. The van der Waals surface area contributed by atoms with E-state index in [1.807, 2.05) is 45.0 Å². The van der Waals surface area contributed by atoms with Crippen LogP contribution in [0.5, 0.6) is 0 Å². The summed E-state index contributed by atoms with van der Waals surface area (Å²) in [6.07, 6.45) is 0.384. The van der Waals surface area contributed by atoms with Crippen molar-refractivity contribution in [3.63, 3.8) is 0 Å². The minimum atomic E-state index is -0.663. The Morgan fingerprint density at radius 3 is 2.15 bits per heavy atom. The Morgan fingerprint density at radius 1 is 1.04 bits per heavy atom. The van der Waals surface area contributed by atoms with E-state index in [9.17, 15) is 9.59 Å². The van der Waals surface area contributed by atoms with Crippen molar-refractivity contribution in [3.8, 4) is 0 Å². The zero-order valence-corrected chi connectivity index (χ0v) is 17.2. The van der Waals surface area contributed by atoms with E-state index in [0.717, 1.165) is 15.6 Å². The standard InChI is InChI=1S/C21H23BrO5/c1-21(2,3)27-19(24)16-6-4-14(5-7-16)12-18(20(25)26-13-23)15-8-10-17(22)11-9-15/h4-11,18,23H,12-13H2,1-3H3/t18-/m1/s1. The van der Waals surface area contributed by atoms with Gasteiger partial charge in [-0.3, -0.25) is 4.79 Å². The Hall–Kier alpha value is -2.18. The number of benzene rings is 2. The molecule has 6 heteroatoms. The molecule has 0 unspecified atom stereocenters. The first-order chi connectivity index (χ1) is 12.7. The fourth-order valence-electron chi connectivity index (χ4n) is 2.55. The van der Waals surface area contributed by atoms with Gasteiger partial charge in [0, 0.05) is 4.47 Å². The van der Waals surface area contributed by atoms with Crippen molar-refractivity contribution in [2.45, 2.75) is 38.7 Å². The molecule has 0 saturated carbocycles. The number of ether oxygens (including phenoxy) is 2. The predicted molar refractivity (Wildman–Crippen MR) is 105 cm³/mol. The minimum Gasteiger partial charge on any atom is -0.456 e. The molecule has 0 aromatic heterocycles. The number of hydrogen-bond acceptors (Lipinski definition) is 5. The Bertz CT molecular complexity index is 776. The van der Waals surface area contributed by atoms with E-state index in [2.05, 4.69) is 15.9 Å². The maximum Gasteiger partial charge on any atom is 0.338 e. The second kappa shape index (κ2) is 9.15. The number of hydrogen-bond donors (Lipinski definition) is 1. The number of esters is 2. The minimum absolute atomic E-state index is 0.384. The highest BCUT2D eigenvalue weighted by Crippen LogP contribution is 2.25. The number of halogens is 1. The van der Waals surface area contributed by atoms with Crippen LogP contribution in [0, 0.1) is 0 Å². The number of aliphatic hydroxyl groups excluding tert-OH is 1. The van der Waals surface area contributed by atoms with Gasteiger partial charge >= 0.3 is 11.9 Å². The average molecular weight is 435 g/mol. The molecule has 2 aromatic rings. The van der Waals surface area contributed by atoms with Crippen molar-refractivity contribution in [1.82, 2.24) is 0 Å². The lowest BCUT2D eigenvalue weighted by atomic mass is 9.91. The van der Waals surface area contributed by atoms with Crippen molar-refractivity contribution >= 4 is 27.9 Å². The molecule has 27 heavy (non-hydrogen) atoms. The fourth-order valence-corrected chi connectivity index (χ4v) is 2.81. The second-order valence-corrected chi connectivity index (χ2v) is 8.02. The summed E-state index contributed by atoms with van der Waals surface area (Å²) in [5, 5.41) is 8.93. The first kappa shape index (κ1) is 21.1. The lowest BCUT2D eigenvalue weighted by Gasteiger charge is -2.19. The zero-order chi connectivity index (χ0) is 20.0. The number of aliphatic hydroxyl groups is 1. The van der Waals surface area contributed by atoms with E-state index in [4.69, 9.17) is 14.6 Å². The predicted octanol–water partition coefficient (Wildman–Crippen LogP) is 4.22. The summed E-state index contributed by atoms with van der Waals surface area (Å²) in [7, 11) is 0. The van der Waals surface area contributed by atoms with Crippen LogP contribution < -0.4 is 0 Å². The highest BCUT2D eigenvalue weighted by Gasteiger charge is 2.23. The first-order valence-electron chi connectivity index (χ1n) is 8.55. The molecular weight excluding hydrogens is 412 g/mol. The van der Waals surface area contributed by atoms with Gasteiger partial charge in [-0.25, -0.2) is 4.79 Å². The molecule has 0 spiro atoms. The van der Waals surface area contributed by atoms with Crippen LogP contribution >= 0.6 is 15.9 Å². The number of rotatable bonds is 6. The Balaban J connectivity index is 2.18. The Morgan fingerprint density at radius 2 is 1.63 bits per heavy atom. The zero-order valence-electron chi connectivity index (χ0n) is 15.6. The van der Waals surface area contributed by atoms with Crippen LogP contribution in [0.15, 0.2) is 53.0 Å². The molecule has 2 aromatic carbocycles. The normalized spacial score (nSPS) is 12.3. The highest BCUT2D eigenvalue weighted by molar-refractivity contribution is 9.10. The largest absolute Gasteiger partial charge is 0.456 e. The smallest absolute Gasteiger partial charge is 0.338 e. The lowest BCUT2D eigenvalue weighted by Crippen LogP contribution is -2.23. The van der Waals surface area contributed by atoms with Gasteiger partial charge in [-0.05, 0) is 62.6 Å². The van der Waals surface area contributed by atoms with Crippen LogP contribution in [-0.4, -0.2) is 29.4 Å². The van der Waals surface area contributed by atoms with Crippen molar-refractivity contribution in [2.24, 2.45) is 0 Å². The summed E-state index contributed by atoms with van der Waals surface area (Å²) >= 11 is 3.37.